The standard InChI is InChI=1S/C14H18O3/c1-3-9-14(2,10-15)11-17-13(16)12-7-5-4-6-8-12/h3-8,15H,1,9-11H2,2H3. The summed E-state index contributed by atoms with van der Waals surface area (Å²) in [6, 6.07) is 8.81. The number of ether oxygens (including phenoxy) is 1. The molecule has 0 aliphatic carbocycles. The third kappa shape index (κ3) is 4.04. The van der Waals surface area contributed by atoms with E-state index in [1.165, 1.54) is 0 Å². The molecular formula is C14H18O3. The number of rotatable bonds is 6. The van der Waals surface area contributed by atoms with Crippen LogP contribution in [0.15, 0.2) is 43.0 Å². The summed E-state index contributed by atoms with van der Waals surface area (Å²) in [5.74, 6) is -0.366. The fraction of sp³-hybridized carbons (Fsp3) is 0.357. The van der Waals surface area contributed by atoms with Crippen LogP contribution in [0, 0.1) is 5.41 Å². The quantitative estimate of drug-likeness (QED) is 0.607. The van der Waals surface area contributed by atoms with Crippen molar-refractivity contribution >= 4 is 5.97 Å². The number of aliphatic hydroxyl groups is 1. The molecule has 0 aliphatic heterocycles. The van der Waals surface area contributed by atoms with Gasteiger partial charge in [-0.1, -0.05) is 31.2 Å². The fourth-order valence-corrected chi connectivity index (χ4v) is 1.41. The molecular weight excluding hydrogens is 216 g/mol. The molecule has 1 aromatic carbocycles. The van der Waals surface area contributed by atoms with Crippen LogP contribution in [0.3, 0.4) is 0 Å². The highest BCUT2D eigenvalue weighted by Gasteiger charge is 2.24. The zero-order valence-electron chi connectivity index (χ0n) is 10.1. The number of aliphatic hydroxyl groups excluding tert-OH is 1. The van der Waals surface area contributed by atoms with Crippen molar-refractivity contribution in [1.29, 1.82) is 0 Å². The van der Waals surface area contributed by atoms with Crippen molar-refractivity contribution in [2.24, 2.45) is 5.41 Å². The van der Waals surface area contributed by atoms with Crippen LogP contribution in [0.4, 0.5) is 0 Å². The van der Waals surface area contributed by atoms with Crippen LogP contribution in [0.1, 0.15) is 23.7 Å². The van der Waals surface area contributed by atoms with Gasteiger partial charge in [0, 0.05) is 5.41 Å². The Balaban J connectivity index is 2.56. The van der Waals surface area contributed by atoms with Crippen molar-refractivity contribution in [3.05, 3.63) is 48.6 Å². The van der Waals surface area contributed by atoms with E-state index in [2.05, 4.69) is 6.58 Å². The van der Waals surface area contributed by atoms with Gasteiger partial charge in [-0.25, -0.2) is 4.79 Å². The van der Waals surface area contributed by atoms with Crippen molar-refractivity contribution in [3.8, 4) is 0 Å². The maximum atomic E-state index is 11.7. The number of carbonyl (C=O) groups is 1. The van der Waals surface area contributed by atoms with Crippen LogP contribution in [0.2, 0.25) is 0 Å². The monoisotopic (exact) mass is 234 g/mol. The molecule has 0 radical (unpaired) electrons. The molecule has 3 nitrogen and oxygen atoms in total. The molecule has 1 unspecified atom stereocenters. The number of benzene rings is 1. The average molecular weight is 234 g/mol. The number of hydrogen-bond donors (Lipinski definition) is 1. The number of allylic oxidation sites excluding steroid dienone is 1. The van der Waals surface area contributed by atoms with Crippen LogP contribution in [0.5, 0.6) is 0 Å². The van der Waals surface area contributed by atoms with E-state index in [1.54, 1.807) is 30.3 Å². The summed E-state index contributed by atoms with van der Waals surface area (Å²) in [7, 11) is 0. The maximum Gasteiger partial charge on any atom is 0.338 e. The SMILES string of the molecule is C=CCC(C)(CO)COC(=O)c1ccccc1. The molecule has 0 heterocycles. The summed E-state index contributed by atoms with van der Waals surface area (Å²) in [4.78, 5) is 11.7. The molecule has 0 amide bonds. The Morgan fingerprint density at radius 2 is 2.12 bits per heavy atom. The summed E-state index contributed by atoms with van der Waals surface area (Å²) < 4.78 is 5.19. The van der Waals surface area contributed by atoms with Crippen molar-refractivity contribution in [2.45, 2.75) is 13.3 Å². The van der Waals surface area contributed by atoms with E-state index in [1.807, 2.05) is 13.0 Å². The first-order valence-electron chi connectivity index (χ1n) is 5.55. The van der Waals surface area contributed by atoms with Gasteiger partial charge in [0.1, 0.15) is 0 Å². The lowest BCUT2D eigenvalue weighted by Crippen LogP contribution is -2.28. The highest BCUT2D eigenvalue weighted by Crippen LogP contribution is 2.21. The second-order valence-corrected chi connectivity index (χ2v) is 4.40. The molecule has 0 saturated carbocycles. The van der Waals surface area contributed by atoms with Gasteiger partial charge in [-0.15, -0.1) is 6.58 Å². The molecule has 0 spiro atoms. The first-order valence-corrected chi connectivity index (χ1v) is 5.55. The number of carbonyl (C=O) groups excluding carboxylic acids is 1. The average Bonchev–Trinajstić information content (AvgIpc) is 2.37. The zero-order chi connectivity index (χ0) is 12.7. The van der Waals surface area contributed by atoms with E-state index in [4.69, 9.17) is 4.74 Å². The largest absolute Gasteiger partial charge is 0.461 e. The minimum atomic E-state index is -0.452. The maximum absolute atomic E-state index is 11.7. The molecule has 0 fully saturated rings. The van der Waals surface area contributed by atoms with Gasteiger partial charge in [-0.3, -0.25) is 0 Å². The molecule has 1 N–H and O–H groups in total. The molecule has 1 atom stereocenters. The summed E-state index contributed by atoms with van der Waals surface area (Å²) in [5.41, 5.74) is 0.0676. The summed E-state index contributed by atoms with van der Waals surface area (Å²) in [6.45, 7) is 5.62. The highest BCUT2D eigenvalue weighted by molar-refractivity contribution is 5.89. The molecule has 1 aromatic rings. The highest BCUT2D eigenvalue weighted by atomic mass is 16.5. The molecule has 17 heavy (non-hydrogen) atoms. The summed E-state index contributed by atoms with van der Waals surface area (Å²) >= 11 is 0. The smallest absolute Gasteiger partial charge is 0.338 e. The van der Waals surface area contributed by atoms with Gasteiger partial charge in [-0.2, -0.15) is 0 Å². The predicted octanol–water partition coefficient (Wildman–Crippen LogP) is 2.42. The Morgan fingerprint density at radius 3 is 2.65 bits per heavy atom. The number of esters is 1. The second kappa shape index (κ2) is 6.21. The Labute approximate surface area is 102 Å². The molecule has 92 valence electrons. The Morgan fingerprint density at radius 1 is 1.47 bits per heavy atom. The van der Waals surface area contributed by atoms with Crippen molar-refractivity contribution < 1.29 is 14.6 Å². The Kier molecular flexibility index (Phi) is 4.91. The second-order valence-electron chi connectivity index (χ2n) is 4.40. The van der Waals surface area contributed by atoms with Gasteiger partial charge in [0.05, 0.1) is 18.8 Å². The fourth-order valence-electron chi connectivity index (χ4n) is 1.41. The molecule has 0 aromatic heterocycles. The number of hydrogen-bond acceptors (Lipinski definition) is 3. The van der Waals surface area contributed by atoms with Crippen LogP contribution >= 0.6 is 0 Å². The minimum absolute atomic E-state index is 0.0406. The third-order valence-corrected chi connectivity index (χ3v) is 2.58. The van der Waals surface area contributed by atoms with Crippen LogP contribution in [0.25, 0.3) is 0 Å². The lowest BCUT2D eigenvalue weighted by molar-refractivity contribution is 0.0172. The van der Waals surface area contributed by atoms with E-state index >= 15 is 0 Å². The molecule has 3 heteroatoms. The predicted molar refractivity (Wildman–Crippen MR) is 66.7 cm³/mol. The van der Waals surface area contributed by atoms with Crippen LogP contribution in [-0.4, -0.2) is 24.3 Å². The molecule has 0 aliphatic rings. The third-order valence-electron chi connectivity index (χ3n) is 2.58. The van der Waals surface area contributed by atoms with Gasteiger partial charge in [-0.05, 0) is 18.6 Å². The topological polar surface area (TPSA) is 46.5 Å². The lowest BCUT2D eigenvalue weighted by Gasteiger charge is -2.25. The first-order chi connectivity index (χ1) is 8.11. The van der Waals surface area contributed by atoms with Crippen molar-refractivity contribution in [2.75, 3.05) is 13.2 Å². The molecule has 0 bridgehead atoms. The molecule has 0 saturated heterocycles. The normalized spacial score (nSPS) is 13.8. The van der Waals surface area contributed by atoms with E-state index in [9.17, 15) is 9.90 Å². The van der Waals surface area contributed by atoms with Gasteiger partial charge < -0.3 is 9.84 Å². The van der Waals surface area contributed by atoms with E-state index < -0.39 is 5.41 Å². The zero-order valence-corrected chi connectivity index (χ0v) is 10.1. The van der Waals surface area contributed by atoms with Crippen LogP contribution in [-0.2, 0) is 4.74 Å². The summed E-state index contributed by atoms with van der Waals surface area (Å²) in [6.07, 6.45) is 2.32. The minimum Gasteiger partial charge on any atom is -0.461 e. The Bertz CT molecular complexity index is 372. The van der Waals surface area contributed by atoms with Crippen LogP contribution < -0.4 is 0 Å². The van der Waals surface area contributed by atoms with Gasteiger partial charge in [0.2, 0.25) is 0 Å². The lowest BCUT2D eigenvalue weighted by atomic mass is 9.89. The van der Waals surface area contributed by atoms with Crippen molar-refractivity contribution in [1.82, 2.24) is 0 Å². The van der Waals surface area contributed by atoms with Gasteiger partial charge in [0.15, 0.2) is 0 Å². The summed E-state index contributed by atoms with van der Waals surface area (Å²) in [5, 5.41) is 9.26. The Hall–Kier alpha value is -1.61. The van der Waals surface area contributed by atoms with E-state index in [0.29, 0.717) is 12.0 Å². The first kappa shape index (κ1) is 13.5. The van der Waals surface area contributed by atoms with E-state index in [0.717, 1.165) is 0 Å². The van der Waals surface area contributed by atoms with Gasteiger partial charge in [0.25, 0.3) is 0 Å². The van der Waals surface area contributed by atoms with E-state index in [-0.39, 0.29) is 19.2 Å². The van der Waals surface area contributed by atoms with Crippen molar-refractivity contribution in [3.63, 3.8) is 0 Å². The van der Waals surface area contributed by atoms with Gasteiger partial charge >= 0.3 is 5.97 Å². The molecule has 1 rings (SSSR count).